The Morgan fingerprint density at radius 1 is 1.26 bits per heavy atom. The fourth-order valence-electron chi connectivity index (χ4n) is 1.55. The molecule has 4 nitrogen and oxygen atoms in total. The van der Waals surface area contributed by atoms with Crippen molar-refractivity contribution in [2.24, 2.45) is 0 Å². The Morgan fingerprint density at radius 3 is 2.74 bits per heavy atom. The van der Waals surface area contributed by atoms with Crippen LogP contribution in [0, 0.1) is 13.8 Å². The molecule has 4 heteroatoms. The number of aryl methyl sites for hydroxylation is 2. The molecule has 0 aliphatic rings. The lowest BCUT2D eigenvalue weighted by Gasteiger charge is -2.09. The summed E-state index contributed by atoms with van der Waals surface area (Å²) in [7, 11) is 0. The second-order valence-corrected chi connectivity index (χ2v) is 4.44. The molecule has 0 atom stereocenters. The average molecular weight is 265 g/mol. The minimum absolute atomic E-state index is 0.0527. The molecule has 1 aromatic rings. The fraction of sp³-hybridized carbons (Fsp3) is 0.533. The van der Waals surface area contributed by atoms with Crippen molar-refractivity contribution < 1.29 is 14.3 Å². The summed E-state index contributed by atoms with van der Waals surface area (Å²) in [6.07, 6.45) is 0.823. The van der Waals surface area contributed by atoms with Gasteiger partial charge in [-0.05, 0) is 50.5 Å². The van der Waals surface area contributed by atoms with Crippen LogP contribution >= 0.6 is 0 Å². The van der Waals surface area contributed by atoms with Crippen molar-refractivity contribution in [1.29, 1.82) is 0 Å². The minimum atomic E-state index is -0.102. The molecule has 0 spiro atoms. The van der Waals surface area contributed by atoms with Crippen LogP contribution in [0.3, 0.4) is 0 Å². The molecule has 0 bridgehead atoms. The predicted molar refractivity (Wildman–Crippen MR) is 75.5 cm³/mol. The zero-order chi connectivity index (χ0) is 14.1. The van der Waals surface area contributed by atoms with E-state index in [1.807, 2.05) is 39.0 Å². The summed E-state index contributed by atoms with van der Waals surface area (Å²) in [5.74, 6) is 0.627. The van der Waals surface area contributed by atoms with E-state index >= 15 is 0 Å². The number of rotatable bonds is 8. The number of benzene rings is 1. The van der Waals surface area contributed by atoms with Gasteiger partial charge < -0.3 is 14.8 Å². The van der Waals surface area contributed by atoms with E-state index in [1.54, 1.807) is 0 Å². The molecule has 0 saturated heterocycles. The maximum Gasteiger partial charge on any atom is 0.257 e. The van der Waals surface area contributed by atoms with Crippen molar-refractivity contribution in [3.63, 3.8) is 0 Å². The monoisotopic (exact) mass is 265 g/mol. The molecule has 1 aromatic carbocycles. The normalized spacial score (nSPS) is 10.3. The first-order valence-electron chi connectivity index (χ1n) is 6.68. The van der Waals surface area contributed by atoms with E-state index in [-0.39, 0.29) is 12.5 Å². The van der Waals surface area contributed by atoms with Gasteiger partial charge in [-0.2, -0.15) is 0 Å². The Kier molecular flexibility index (Phi) is 6.97. The predicted octanol–water partition coefficient (Wildman–Crippen LogP) is 2.23. The highest BCUT2D eigenvalue weighted by Gasteiger charge is 2.03. The van der Waals surface area contributed by atoms with E-state index < -0.39 is 0 Å². The first-order chi connectivity index (χ1) is 9.13. The quantitative estimate of drug-likeness (QED) is 0.733. The Balaban J connectivity index is 2.20. The van der Waals surface area contributed by atoms with Crippen LogP contribution in [0.15, 0.2) is 18.2 Å². The smallest absolute Gasteiger partial charge is 0.257 e. The summed E-state index contributed by atoms with van der Waals surface area (Å²) in [4.78, 5) is 11.5. The lowest BCUT2D eigenvalue weighted by molar-refractivity contribution is -0.123. The van der Waals surface area contributed by atoms with Crippen molar-refractivity contribution in [2.75, 3.05) is 26.4 Å². The van der Waals surface area contributed by atoms with Gasteiger partial charge in [-0.1, -0.05) is 6.07 Å². The number of hydrogen-bond donors (Lipinski definition) is 1. The van der Waals surface area contributed by atoms with Gasteiger partial charge in [0, 0.05) is 19.8 Å². The molecule has 0 aliphatic heterocycles. The van der Waals surface area contributed by atoms with Gasteiger partial charge in [-0.25, -0.2) is 0 Å². The largest absolute Gasteiger partial charge is 0.484 e. The fourth-order valence-corrected chi connectivity index (χ4v) is 1.55. The van der Waals surface area contributed by atoms with Crippen molar-refractivity contribution in [3.8, 4) is 5.75 Å². The Labute approximate surface area is 115 Å². The summed E-state index contributed by atoms with van der Waals surface area (Å²) in [5.41, 5.74) is 2.38. The van der Waals surface area contributed by atoms with Crippen LogP contribution in [-0.4, -0.2) is 32.3 Å². The molecule has 1 amide bonds. The van der Waals surface area contributed by atoms with Crippen LogP contribution in [0.5, 0.6) is 5.75 Å². The van der Waals surface area contributed by atoms with E-state index in [9.17, 15) is 4.79 Å². The van der Waals surface area contributed by atoms with Crippen LogP contribution in [0.25, 0.3) is 0 Å². The lowest BCUT2D eigenvalue weighted by Crippen LogP contribution is -2.30. The SMILES string of the molecule is CCOCCCNC(=O)COc1ccc(C)c(C)c1. The molecular weight excluding hydrogens is 242 g/mol. The third-order valence-electron chi connectivity index (χ3n) is 2.84. The van der Waals surface area contributed by atoms with Crippen LogP contribution in [0.2, 0.25) is 0 Å². The Hall–Kier alpha value is -1.55. The summed E-state index contributed by atoms with van der Waals surface area (Å²) >= 11 is 0. The first-order valence-corrected chi connectivity index (χ1v) is 6.68. The maximum atomic E-state index is 11.5. The van der Waals surface area contributed by atoms with Gasteiger partial charge in [0.2, 0.25) is 0 Å². The van der Waals surface area contributed by atoms with Gasteiger partial charge in [0.15, 0.2) is 6.61 Å². The van der Waals surface area contributed by atoms with Crippen LogP contribution in [-0.2, 0) is 9.53 Å². The molecule has 19 heavy (non-hydrogen) atoms. The molecule has 1 N–H and O–H groups in total. The van der Waals surface area contributed by atoms with Crippen LogP contribution in [0.1, 0.15) is 24.5 Å². The maximum absolute atomic E-state index is 11.5. The first kappa shape index (κ1) is 15.5. The van der Waals surface area contributed by atoms with E-state index in [1.165, 1.54) is 5.56 Å². The van der Waals surface area contributed by atoms with E-state index in [2.05, 4.69) is 5.32 Å². The van der Waals surface area contributed by atoms with E-state index in [4.69, 9.17) is 9.47 Å². The van der Waals surface area contributed by atoms with Gasteiger partial charge in [-0.15, -0.1) is 0 Å². The highest BCUT2D eigenvalue weighted by Crippen LogP contribution is 2.16. The zero-order valence-electron chi connectivity index (χ0n) is 12.0. The van der Waals surface area contributed by atoms with E-state index in [0.717, 1.165) is 17.7 Å². The van der Waals surface area contributed by atoms with Crippen LogP contribution < -0.4 is 10.1 Å². The van der Waals surface area contributed by atoms with Crippen molar-refractivity contribution in [2.45, 2.75) is 27.2 Å². The molecule has 0 fully saturated rings. The zero-order valence-corrected chi connectivity index (χ0v) is 12.0. The standard InChI is InChI=1S/C15H23NO3/c1-4-18-9-5-8-16-15(17)11-19-14-7-6-12(2)13(3)10-14/h6-7,10H,4-5,8-9,11H2,1-3H3,(H,16,17). The summed E-state index contributed by atoms with van der Waals surface area (Å²) in [6, 6.07) is 5.81. The number of nitrogens with one attached hydrogen (secondary N) is 1. The Morgan fingerprint density at radius 2 is 2.05 bits per heavy atom. The number of ether oxygens (including phenoxy) is 2. The van der Waals surface area contributed by atoms with Crippen molar-refractivity contribution in [1.82, 2.24) is 5.32 Å². The summed E-state index contributed by atoms with van der Waals surface area (Å²) < 4.78 is 10.6. The third-order valence-corrected chi connectivity index (χ3v) is 2.84. The van der Waals surface area contributed by atoms with Crippen molar-refractivity contribution >= 4 is 5.91 Å². The van der Waals surface area contributed by atoms with Gasteiger partial charge in [0.25, 0.3) is 5.91 Å². The molecule has 0 heterocycles. The number of amides is 1. The van der Waals surface area contributed by atoms with Gasteiger partial charge in [-0.3, -0.25) is 4.79 Å². The van der Waals surface area contributed by atoms with Gasteiger partial charge in [0.05, 0.1) is 0 Å². The molecule has 0 unspecified atom stereocenters. The molecular formula is C15H23NO3. The number of carbonyl (C=O) groups is 1. The van der Waals surface area contributed by atoms with Gasteiger partial charge in [0.1, 0.15) is 5.75 Å². The lowest BCUT2D eigenvalue weighted by atomic mass is 10.1. The Bertz CT molecular complexity index is 404. The molecule has 106 valence electrons. The highest BCUT2D eigenvalue weighted by atomic mass is 16.5. The second-order valence-electron chi connectivity index (χ2n) is 4.44. The molecule has 0 aliphatic carbocycles. The number of carbonyl (C=O) groups excluding carboxylic acids is 1. The second kappa shape index (κ2) is 8.53. The minimum Gasteiger partial charge on any atom is -0.484 e. The van der Waals surface area contributed by atoms with E-state index in [0.29, 0.717) is 19.8 Å². The summed E-state index contributed by atoms with van der Waals surface area (Å²) in [6.45, 7) is 8.08. The number of hydrogen-bond acceptors (Lipinski definition) is 3. The third kappa shape index (κ3) is 6.25. The highest BCUT2D eigenvalue weighted by molar-refractivity contribution is 5.77. The molecule has 0 saturated carbocycles. The average Bonchev–Trinajstić information content (AvgIpc) is 2.40. The topological polar surface area (TPSA) is 47.6 Å². The molecule has 0 aromatic heterocycles. The summed E-state index contributed by atoms with van der Waals surface area (Å²) in [5, 5.41) is 2.79. The molecule has 0 radical (unpaired) electrons. The van der Waals surface area contributed by atoms with Crippen LogP contribution in [0.4, 0.5) is 0 Å². The molecule has 1 rings (SSSR count). The van der Waals surface area contributed by atoms with Gasteiger partial charge >= 0.3 is 0 Å². The van der Waals surface area contributed by atoms with Crippen molar-refractivity contribution in [3.05, 3.63) is 29.3 Å².